The van der Waals surface area contributed by atoms with E-state index in [0.717, 1.165) is 47.3 Å². The van der Waals surface area contributed by atoms with Gasteiger partial charge in [-0.1, -0.05) is 13.8 Å². The number of oxazole rings is 1. The van der Waals surface area contributed by atoms with Crippen molar-refractivity contribution in [2.24, 2.45) is 0 Å². The third-order valence-electron chi connectivity index (χ3n) is 4.50. The van der Waals surface area contributed by atoms with E-state index in [1.165, 1.54) is 6.39 Å². The molecule has 0 N–H and O–H groups in total. The molecule has 1 saturated carbocycles. The van der Waals surface area contributed by atoms with Crippen molar-refractivity contribution in [2.75, 3.05) is 6.79 Å². The highest BCUT2D eigenvalue weighted by molar-refractivity contribution is 5.58. The van der Waals surface area contributed by atoms with Crippen molar-refractivity contribution in [3.05, 3.63) is 36.2 Å². The first-order valence-electron chi connectivity index (χ1n) is 8.51. The van der Waals surface area contributed by atoms with E-state index >= 15 is 0 Å². The summed E-state index contributed by atoms with van der Waals surface area (Å²) in [7, 11) is 0. The molecule has 3 heterocycles. The van der Waals surface area contributed by atoms with Crippen molar-refractivity contribution >= 4 is 0 Å². The molecule has 0 bridgehead atoms. The van der Waals surface area contributed by atoms with Crippen LogP contribution in [-0.4, -0.2) is 26.5 Å². The SMILES string of the molecule is CC(C)c1ocnc1-c1nc(C2CC2)nn1-c1ccc2c(c1)OCO2. The first-order chi connectivity index (χ1) is 12.2. The maximum Gasteiger partial charge on any atom is 0.231 e. The molecule has 7 heteroatoms. The summed E-state index contributed by atoms with van der Waals surface area (Å²) in [5.41, 5.74) is 1.61. The molecular formula is C18H18N4O3. The summed E-state index contributed by atoms with van der Waals surface area (Å²) in [6.07, 6.45) is 3.75. The highest BCUT2D eigenvalue weighted by Crippen LogP contribution is 2.40. The van der Waals surface area contributed by atoms with Crippen molar-refractivity contribution in [2.45, 2.75) is 38.5 Å². The predicted molar refractivity (Wildman–Crippen MR) is 89.0 cm³/mol. The first kappa shape index (κ1) is 14.5. The van der Waals surface area contributed by atoms with E-state index in [1.807, 2.05) is 22.9 Å². The average molecular weight is 338 g/mol. The lowest BCUT2D eigenvalue weighted by atomic mass is 10.1. The molecule has 128 valence electrons. The maximum absolute atomic E-state index is 5.59. The van der Waals surface area contributed by atoms with E-state index < -0.39 is 0 Å². The van der Waals surface area contributed by atoms with Gasteiger partial charge in [-0.2, -0.15) is 5.10 Å². The highest BCUT2D eigenvalue weighted by atomic mass is 16.7. The Hall–Kier alpha value is -2.83. The summed E-state index contributed by atoms with van der Waals surface area (Å²) in [6, 6.07) is 5.77. The van der Waals surface area contributed by atoms with Gasteiger partial charge in [0.2, 0.25) is 6.79 Å². The second-order valence-corrected chi connectivity index (χ2v) is 6.74. The Kier molecular flexibility index (Phi) is 3.10. The summed E-state index contributed by atoms with van der Waals surface area (Å²) in [6.45, 7) is 4.40. The average Bonchev–Trinajstić information content (AvgIpc) is 3.05. The van der Waals surface area contributed by atoms with Gasteiger partial charge >= 0.3 is 0 Å². The molecule has 3 aromatic rings. The van der Waals surface area contributed by atoms with Crippen LogP contribution in [0.15, 0.2) is 29.0 Å². The van der Waals surface area contributed by atoms with Crippen molar-refractivity contribution < 1.29 is 13.9 Å². The molecule has 0 amide bonds. The highest BCUT2D eigenvalue weighted by Gasteiger charge is 2.31. The van der Waals surface area contributed by atoms with Gasteiger partial charge < -0.3 is 13.9 Å². The van der Waals surface area contributed by atoms with Crippen LogP contribution in [0.4, 0.5) is 0 Å². The Morgan fingerprint density at radius 1 is 1.16 bits per heavy atom. The van der Waals surface area contributed by atoms with Gasteiger partial charge in [-0.05, 0) is 25.0 Å². The molecule has 1 aliphatic heterocycles. The molecule has 7 nitrogen and oxygen atoms in total. The second kappa shape index (κ2) is 5.34. The monoisotopic (exact) mass is 338 g/mol. The summed E-state index contributed by atoms with van der Waals surface area (Å²) < 4.78 is 18.3. The third kappa shape index (κ3) is 2.38. The Balaban J connectivity index is 1.67. The molecule has 25 heavy (non-hydrogen) atoms. The van der Waals surface area contributed by atoms with Gasteiger partial charge in [0, 0.05) is 17.9 Å². The van der Waals surface area contributed by atoms with Crippen LogP contribution < -0.4 is 9.47 Å². The third-order valence-corrected chi connectivity index (χ3v) is 4.50. The van der Waals surface area contributed by atoms with Crippen LogP contribution in [0.3, 0.4) is 0 Å². The van der Waals surface area contributed by atoms with Crippen molar-refractivity contribution in [3.63, 3.8) is 0 Å². The fourth-order valence-corrected chi connectivity index (χ4v) is 3.03. The number of rotatable bonds is 4. The fourth-order valence-electron chi connectivity index (χ4n) is 3.03. The lowest BCUT2D eigenvalue weighted by Gasteiger charge is -2.07. The van der Waals surface area contributed by atoms with Crippen LogP contribution in [0.1, 0.15) is 50.1 Å². The zero-order valence-electron chi connectivity index (χ0n) is 14.1. The fraction of sp³-hybridized carbons (Fsp3) is 0.389. The minimum absolute atomic E-state index is 0.212. The van der Waals surface area contributed by atoms with Gasteiger partial charge in [0.05, 0.1) is 5.69 Å². The van der Waals surface area contributed by atoms with E-state index in [2.05, 4.69) is 18.8 Å². The van der Waals surface area contributed by atoms with Gasteiger partial charge in [-0.3, -0.25) is 0 Å². The first-order valence-corrected chi connectivity index (χ1v) is 8.51. The molecule has 0 spiro atoms. The molecule has 0 saturated heterocycles. The Bertz CT molecular complexity index is 940. The lowest BCUT2D eigenvalue weighted by Crippen LogP contribution is -2.02. The van der Waals surface area contributed by atoms with Crippen molar-refractivity contribution in [1.82, 2.24) is 19.7 Å². The number of hydrogen-bond donors (Lipinski definition) is 0. The summed E-state index contributed by atoms with van der Waals surface area (Å²) in [5, 5.41) is 4.75. The second-order valence-electron chi connectivity index (χ2n) is 6.74. The topological polar surface area (TPSA) is 75.2 Å². The molecule has 5 rings (SSSR count). The maximum atomic E-state index is 5.59. The molecule has 1 aromatic carbocycles. The van der Waals surface area contributed by atoms with Crippen LogP contribution >= 0.6 is 0 Å². The van der Waals surface area contributed by atoms with Gasteiger partial charge in [0.15, 0.2) is 29.5 Å². The number of hydrogen-bond acceptors (Lipinski definition) is 6. The molecule has 0 unspecified atom stereocenters. The van der Waals surface area contributed by atoms with Crippen molar-refractivity contribution in [1.29, 1.82) is 0 Å². The van der Waals surface area contributed by atoms with Crippen LogP contribution in [0.5, 0.6) is 11.5 Å². The normalized spacial score (nSPS) is 16.0. The lowest BCUT2D eigenvalue weighted by molar-refractivity contribution is 0.174. The van der Waals surface area contributed by atoms with Gasteiger partial charge in [0.1, 0.15) is 11.5 Å². The minimum Gasteiger partial charge on any atom is -0.454 e. The molecule has 2 aliphatic rings. The summed E-state index contributed by atoms with van der Waals surface area (Å²) in [5.74, 6) is 4.51. The smallest absolute Gasteiger partial charge is 0.231 e. The van der Waals surface area contributed by atoms with Crippen LogP contribution in [0, 0.1) is 0 Å². The minimum atomic E-state index is 0.212. The quantitative estimate of drug-likeness (QED) is 0.723. The van der Waals surface area contributed by atoms with E-state index in [9.17, 15) is 0 Å². The Labute approximate surface area is 144 Å². The standard InChI is InChI=1S/C18H18N4O3/c1-10(2)16-15(19-8-23-16)18-20-17(11-3-4-11)21-22(18)12-5-6-13-14(7-12)25-9-24-13/h5-8,10-11H,3-4,9H2,1-2H3. The van der Waals surface area contributed by atoms with Crippen molar-refractivity contribution in [3.8, 4) is 28.7 Å². The van der Waals surface area contributed by atoms with E-state index in [-0.39, 0.29) is 12.7 Å². The van der Waals surface area contributed by atoms with E-state index in [0.29, 0.717) is 11.7 Å². The summed E-state index contributed by atoms with van der Waals surface area (Å²) in [4.78, 5) is 9.20. The van der Waals surface area contributed by atoms with Gasteiger partial charge in [-0.25, -0.2) is 14.6 Å². The summed E-state index contributed by atoms with van der Waals surface area (Å²) >= 11 is 0. The predicted octanol–water partition coefficient (Wildman–Crippen LogP) is 3.65. The van der Waals surface area contributed by atoms with E-state index in [1.54, 1.807) is 0 Å². The zero-order valence-corrected chi connectivity index (χ0v) is 14.1. The number of ether oxygens (including phenoxy) is 2. The number of nitrogens with zero attached hydrogens (tertiary/aromatic N) is 4. The molecule has 1 fully saturated rings. The Morgan fingerprint density at radius 2 is 2.00 bits per heavy atom. The van der Waals surface area contributed by atoms with Crippen LogP contribution in [0.25, 0.3) is 17.2 Å². The van der Waals surface area contributed by atoms with E-state index in [4.69, 9.17) is 24.0 Å². The Morgan fingerprint density at radius 3 is 2.80 bits per heavy atom. The molecular weight excluding hydrogens is 320 g/mol. The largest absolute Gasteiger partial charge is 0.454 e. The van der Waals surface area contributed by atoms with Crippen LogP contribution in [-0.2, 0) is 0 Å². The number of aromatic nitrogens is 4. The number of benzene rings is 1. The van der Waals surface area contributed by atoms with Gasteiger partial charge in [-0.15, -0.1) is 0 Å². The molecule has 0 atom stereocenters. The number of fused-ring (bicyclic) bond motifs is 1. The molecule has 2 aromatic heterocycles. The van der Waals surface area contributed by atoms with Gasteiger partial charge in [0.25, 0.3) is 0 Å². The molecule has 1 aliphatic carbocycles. The zero-order chi connectivity index (χ0) is 17.0. The van der Waals surface area contributed by atoms with Crippen LogP contribution in [0.2, 0.25) is 0 Å². The molecule has 0 radical (unpaired) electrons.